The second-order valence-corrected chi connectivity index (χ2v) is 6.86. The number of carbonyl (C=O) groups is 1. The molecule has 1 N–H and O–H groups in total. The number of likely N-dealkylation sites (tertiary alicyclic amines) is 1. The van der Waals surface area contributed by atoms with Crippen LogP contribution in [0.25, 0.3) is 0 Å². The van der Waals surface area contributed by atoms with Gasteiger partial charge in [-0.3, -0.25) is 9.69 Å². The fourth-order valence-electron chi connectivity index (χ4n) is 3.60. The molecule has 0 radical (unpaired) electrons. The monoisotopic (exact) mass is 331 g/mol. The Bertz CT molecular complexity index is 570. The first kappa shape index (κ1) is 17.2. The number of benzene rings is 1. The minimum Gasteiger partial charge on any atom is -0.493 e. The standard InChI is InChI=1S/C19H29N3O2/c1-15-4-3-5-18(16(15)2)24-13-7-19(23)22-10-6-17(14-22)21-11-8-20-9-12-21/h3-5,17,20H,6-14H2,1-2H3. The first-order valence-corrected chi connectivity index (χ1v) is 9.06. The van der Waals surface area contributed by atoms with Crippen LogP contribution in [0.15, 0.2) is 18.2 Å². The summed E-state index contributed by atoms with van der Waals surface area (Å²) in [6.07, 6.45) is 1.56. The number of piperazine rings is 1. The van der Waals surface area contributed by atoms with Gasteiger partial charge in [-0.25, -0.2) is 0 Å². The van der Waals surface area contributed by atoms with Crippen LogP contribution in [-0.4, -0.2) is 67.6 Å². The van der Waals surface area contributed by atoms with Gasteiger partial charge >= 0.3 is 0 Å². The van der Waals surface area contributed by atoms with Crippen molar-refractivity contribution in [1.82, 2.24) is 15.1 Å². The van der Waals surface area contributed by atoms with Crippen molar-refractivity contribution >= 4 is 5.91 Å². The van der Waals surface area contributed by atoms with Crippen molar-refractivity contribution in [2.45, 2.75) is 32.7 Å². The summed E-state index contributed by atoms with van der Waals surface area (Å²) in [5.41, 5.74) is 2.38. The summed E-state index contributed by atoms with van der Waals surface area (Å²) in [4.78, 5) is 17.0. The molecule has 2 saturated heterocycles. The van der Waals surface area contributed by atoms with Gasteiger partial charge in [0.2, 0.25) is 5.91 Å². The van der Waals surface area contributed by atoms with Crippen LogP contribution >= 0.6 is 0 Å². The Hall–Kier alpha value is -1.59. The highest BCUT2D eigenvalue weighted by atomic mass is 16.5. The average molecular weight is 331 g/mol. The predicted octanol–water partition coefficient (Wildman–Crippen LogP) is 1.58. The van der Waals surface area contributed by atoms with Crippen molar-refractivity contribution in [2.24, 2.45) is 0 Å². The molecule has 0 spiro atoms. The third-order valence-corrected chi connectivity index (χ3v) is 5.31. The van der Waals surface area contributed by atoms with E-state index in [9.17, 15) is 4.79 Å². The van der Waals surface area contributed by atoms with Gasteiger partial charge in [0.1, 0.15) is 5.75 Å². The van der Waals surface area contributed by atoms with E-state index in [0.717, 1.165) is 57.0 Å². The molecule has 24 heavy (non-hydrogen) atoms. The van der Waals surface area contributed by atoms with Gasteiger partial charge in [0.15, 0.2) is 0 Å². The summed E-state index contributed by atoms with van der Waals surface area (Å²) in [7, 11) is 0. The van der Waals surface area contributed by atoms with Crippen LogP contribution in [0.5, 0.6) is 5.75 Å². The average Bonchev–Trinajstić information content (AvgIpc) is 3.09. The number of rotatable bonds is 5. The van der Waals surface area contributed by atoms with Crippen molar-refractivity contribution in [1.29, 1.82) is 0 Å². The molecule has 2 aliphatic rings. The van der Waals surface area contributed by atoms with E-state index in [2.05, 4.69) is 30.1 Å². The molecule has 132 valence electrons. The van der Waals surface area contributed by atoms with Crippen molar-refractivity contribution < 1.29 is 9.53 Å². The van der Waals surface area contributed by atoms with Crippen LogP contribution in [0.3, 0.4) is 0 Å². The van der Waals surface area contributed by atoms with E-state index in [1.165, 1.54) is 5.56 Å². The van der Waals surface area contributed by atoms with Crippen LogP contribution in [0.1, 0.15) is 24.0 Å². The zero-order chi connectivity index (χ0) is 16.9. The van der Waals surface area contributed by atoms with E-state index in [0.29, 0.717) is 19.1 Å². The van der Waals surface area contributed by atoms with Gasteiger partial charge in [-0.2, -0.15) is 0 Å². The summed E-state index contributed by atoms with van der Waals surface area (Å²) in [6, 6.07) is 6.59. The van der Waals surface area contributed by atoms with Crippen LogP contribution in [0, 0.1) is 13.8 Å². The molecule has 0 saturated carbocycles. The summed E-state index contributed by atoms with van der Waals surface area (Å²) in [6.45, 7) is 10.7. The molecule has 0 bridgehead atoms. The molecule has 2 fully saturated rings. The maximum atomic E-state index is 12.4. The molecule has 3 rings (SSSR count). The Kier molecular flexibility index (Phi) is 5.74. The van der Waals surface area contributed by atoms with Crippen molar-refractivity contribution in [3.63, 3.8) is 0 Å². The second-order valence-electron chi connectivity index (χ2n) is 6.86. The fourth-order valence-corrected chi connectivity index (χ4v) is 3.60. The number of amides is 1. The highest BCUT2D eigenvalue weighted by molar-refractivity contribution is 5.76. The third kappa shape index (κ3) is 4.08. The number of nitrogens with zero attached hydrogens (tertiary/aromatic N) is 2. The molecule has 0 aromatic heterocycles. The van der Waals surface area contributed by atoms with Crippen molar-refractivity contribution in [2.75, 3.05) is 45.9 Å². The molecule has 2 aliphatic heterocycles. The second kappa shape index (κ2) is 7.99. The van der Waals surface area contributed by atoms with Crippen LogP contribution in [-0.2, 0) is 4.79 Å². The Labute approximate surface area is 145 Å². The molecule has 5 nitrogen and oxygen atoms in total. The van der Waals surface area contributed by atoms with E-state index in [1.807, 2.05) is 17.0 Å². The quantitative estimate of drug-likeness (QED) is 0.890. The molecule has 2 heterocycles. The predicted molar refractivity (Wildman–Crippen MR) is 95.5 cm³/mol. The number of nitrogens with one attached hydrogen (secondary N) is 1. The minimum absolute atomic E-state index is 0.220. The number of ether oxygens (including phenoxy) is 1. The van der Waals surface area contributed by atoms with E-state index < -0.39 is 0 Å². The van der Waals surface area contributed by atoms with E-state index >= 15 is 0 Å². The minimum atomic E-state index is 0.220. The smallest absolute Gasteiger partial charge is 0.226 e. The highest BCUT2D eigenvalue weighted by Crippen LogP contribution is 2.21. The normalized spacial score (nSPS) is 21.9. The zero-order valence-corrected chi connectivity index (χ0v) is 14.9. The molecular weight excluding hydrogens is 302 g/mol. The highest BCUT2D eigenvalue weighted by Gasteiger charge is 2.30. The van der Waals surface area contributed by atoms with E-state index in [4.69, 9.17) is 4.74 Å². The molecule has 5 heteroatoms. The summed E-state index contributed by atoms with van der Waals surface area (Å²) in [5.74, 6) is 1.11. The van der Waals surface area contributed by atoms with E-state index in [1.54, 1.807) is 0 Å². The maximum absolute atomic E-state index is 12.4. The topological polar surface area (TPSA) is 44.8 Å². The van der Waals surface area contributed by atoms with Crippen LogP contribution in [0.2, 0.25) is 0 Å². The van der Waals surface area contributed by atoms with Gasteiger partial charge in [-0.15, -0.1) is 0 Å². The lowest BCUT2D eigenvalue weighted by atomic mass is 10.1. The molecule has 1 atom stereocenters. The zero-order valence-electron chi connectivity index (χ0n) is 14.9. The van der Waals surface area contributed by atoms with Gasteiger partial charge in [0.05, 0.1) is 13.0 Å². The number of carbonyl (C=O) groups excluding carboxylic acids is 1. The summed E-state index contributed by atoms with van der Waals surface area (Å²) in [5, 5.41) is 3.39. The largest absolute Gasteiger partial charge is 0.493 e. The van der Waals surface area contributed by atoms with Gasteiger partial charge in [0, 0.05) is 45.3 Å². The molecule has 1 amide bonds. The van der Waals surface area contributed by atoms with Gasteiger partial charge < -0.3 is 15.0 Å². The Morgan fingerprint density at radius 2 is 2.04 bits per heavy atom. The first-order chi connectivity index (χ1) is 11.6. The molecule has 0 aliphatic carbocycles. The molecular formula is C19H29N3O2. The lowest BCUT2D eigenvalue weighted by Gasteiger charge is -2.32. The Balaban J connectivity index is 1.43. The van der Waals surface area contributed by atoms with Gasteiger partial charge in [-0.1, -0.05) is 12.1 Å². The molecule has 1 aromatic rings. The Morgan fingerprint density at radius 1 is 1.25 bits per heavy atom. The molecule has 1 aromatic carbocycles. The number of aryl methyl sites for hydroxylation is 1. The van der Waals surface area contributed by atoms with Gasteiger partial charge in [0.25, 0.3) is 0 Å². The maximum Gasteiger partial charge on any atom is 0.226 e. The lowest BCUT2D eigenvalue weighted by Crippen LogP contribution is -2.49. The van der Waals surface area contributed by atoms with Crippen molar-refractivity contribution in [3.05, 3.63) is 29.3 Å². The first-order valence-electron chi connectivity index (χ1n) is 9.06. The van der Waals surface area contributed by atoms with Crippen molar-refractivity contribution in [3.8, 4) is 5.75 Å². The number of hydrogen-bond acceptors (Lipinski definition) is 4. The Morgan fingerprint density at radius 3 is 2.83 bits per heavy atom. The van der Waals surface area contributed by atoms with Gasteiger partial charge in [-0.05, 0) is 37.5 Å². The molecule has 1 unspecified atom stereocenters. The SMILES string of the molecule is Cc1cccc(OCCC(=O)N2CCC(N3CCNCC3)C2)c1C. The fraction of sp³-hybridized carbons (Fsp3) is 0.632. The summed E-state index contributed by atoms with van der Waals surface area (Å²) < 4.78 is 5.82. The van der Waals surface area contributed by atoms with E-state index in [-0.39, 0.29) is 5.91 Å². The number of hydrogen-bond donors (Lipinski definition) is 1. The summed E-state index contributed by atoms with van der Waals surface area (Å²) >= 11 is 0. The van der Waals surface area contributed by atoms with Crippen LogP contribution in [0.4, 0.5) is 0 Å². The lowest BCUT2D eigenvalue weighted by molar-refractivity contribution is -0.130. The third-order valence-electron chi connectivity index (χ3n) is 5.31. The van der Waals surface area contributed by atoms with Crippen LogP contribution < -0.4 is 10.1 Å².